The summed E-state index contributed by atoms with van der Waals surface area (Å²) in [6, 6.07) is 0. The highest BCUT2D eigenvalue weighted by Crippen LogP contribution is 2.59. The van der Waals surface area contributed by atoms with Gasteiger partial charge in [-0.3, -0.25) is 9.59 Å². The van der Waals surface area contributed by atoms with Crippen molar-refractivity contribution in [2.24, 2.45) is 17.3 Å². The van der Waals surface area contributed by atoms with Crippen LogP contribution in [0.3, 0.4) is 0 Å². The molecule has 5 heteroatoms. The van der Waals surface area contributed by atoms with Crippen LogP contribution in [0.1, 0.15) is 20.3 Å². The number of carbonyl (C=O) groups is 2. The van der Waals surface area contributed by atoms with Crippen LogP contribution in [0.5, 0.6) is 0 Å². The van der Waals surface area contributed by atoms with Crippen LogP contribution in [0.15, 0.2) is 0 Å². The minimum Gasteiger partial charge on any atom is -0.481 e. The lowest BCUT2D eigenvalue weighted by molar-refractivity contribution is -0.142. The van der Waals surface area contributed by atoms with Gasteiger partial charge in [0.25, 0.3) is 0 Å². The Hall–Kier alpha value is -1.10. The SMILES string of the molecule is CN1CCCN(C(=O)[C@@H]2[C@@H](C(=O)O)C2(C)C)CC1. The monoisotopic (exact) mass is 254 g/mol. The smallest absolute Gasteiger partial charge is 0.307 e. The fourth-order valence-corrected chi connectivity index (χ4v) is 3.02. The molecule has 1 aliphatic carbocycles. The van der Waals surface area contributed by atoms with Crippen LogP contribution in [0.25, 0.3) is 0 Å². The highest BCUT2D eigenvalue weighted by Gasteiger charge is 2.66. The first-order valence-electron chi connectivity index (χ1n) is 6.56. The van der Waals surface area contributed by atoms with E-state index < -0.39 is 11.9 Å². The van der Waals surface area contributed by atoms with Crippen molar-refractivity contribution in [2.75, 3.05) is 33.2 Å². The van der Waals surface area contributed by atoms with E-state index in [9.17, 15) is 9.59 Å². The molecule has 0 aromatic carbocycles. The van der Waals surface area contributed by atoms with Gasteiger partial charge in [0.2, 0.25) is 5.91 Å². The predicted molar refractivity (Wildman–Crippen MR) is 67.1 cm³/mol. The highest BCUT2D eigenvalue weighted by molar-refractivity contribution is 5.91. The first-order chi connectivity index (χ1) is 8.35. The zero-order chi connectivity index (χ0) is 13.5. The van der Waals surface area contributed by atoms with Crippen LogP contribution in [0, 0.1) is 17.3 Å². The Kier molecular flexibility index (Phi) is 3.36. The van der Waals surface area contributed by atoms with E-state index in [-0.39, 0.29) is 17.2 Å². The molecule has 102 valence electrons. The third-order valence-corrected chi connectivity index (χ3v) is 4.39. The van der Waals surface area contributed by atoms with Crippen molar-refractivity contribution in [1.82, 2.24) is 9.80 Å². The molecule has 1 heterocycles. The van der Waals surface area contributed by atoms with Crippen LogP contribution in [-0.2, 0) is 9.59 Å². The number of rotatable bonds is 2. The summed E-state index contributed by atoms with van der Waals surface area (Å²) in [6.07, 6.45) is 0.965. The van der Waals surface area contributed by atoms with Gasteiger partial charge in [0.05, 0.1) is 11.8 Å². The highest BCUT2D eigenvalue weighted by atomic mass is 16.4. The maximum absolute atomic E-state index is 12.4. The Morgan fingerprint density at radius 1 is 1.11 bits per heavy atom. The van der Waals surface area contributed by atoms with Gasteiger partial charge in [-0.25, -0.2) is 0 Å². The van der Waals surface area contributed by atoms with Crippen molar-refractivity contribution in [3.05, 3.63) is 0 Å². The van der Waals surface area contributed by atoms with E-state index in [1.54, 1.807) is 0 Å². The van der Waals surface area contributed by atoms with Crippen molar-refractivity contribution in [3.8, 4) is 0 Å². The molecule has 2 aliphatic rings. The molecule has 0 unspecified atom stereocenters. The second kappa shape index (κ2) is 4.53. The molecule has 0 radical (unpaired) electrons. The van der Waals surface area contributed by atoms with Gasteiger partial charge >= 0.3 is 5.97 Å². The maximum atomic E-state index is 12.4. The summed E-state index contributed by atoms with van der Waals surface area (Å²) < 4.78 is 0. The Morgan fingerprint density at radius 2 is 1.78 bits per heavy atom. The molecule has 1 saturated heterocycles. The molecule has 1 aliphatic heterocycles. The summed E-state index contributed by atoms with van der Waals surface area (Å²) in [5, 5.41) is 9.13. The number of amides is 1. The number of aliphatic carboxylic acids is 1. The van der Waals surface area contributed by atoms with Crippen LogP contribution in [0.2, 0.25) is 0 Å². The van der Waals surface area contributed by atoms with Gasteiger partial charge in [-0.1, -0.05) is 13.8 Å². The Bertz CT molecular complexity index is 367. The van der Waals surface area contributed by atoms with E-state index in [0.717, 1.165) is 26.1 Å². The third-order valence-electron chi connectivity index (χ3n) is 4.39. The molecule has 2 atom stereocenters. The summed E-state index contributed by atoms with van der Waals surface area (Å²) in [7, 11) is 2.05. The summed E-state index contributed by atoms with van der Waals surface area (Å²) in [6.45, 7) is 7.09. The number of carbonyl (C=O) groups excluding carboxylic acids is 1. The number of nitrogens with zero attached hydrogens (tertiary/aromatic N) is 2. The zero-order valence-electron chi connectivity index (χ0n) is 11.3. The third kappa shape index (κ3) is 2.23. The molecule has 0 aromatic heterocycles. The maximum Gasteiger partial charge on any atom is 0.307 e. The quantitative estimate of drug-likeness (QED) is 0.780. The lowest BCUT2D eigenvalue weighted by Crippen LogP contribution is -2.36. The van der Waals surface area contributed by atoms with Gasteiger partial charge < -0.3 is 14.9 Å². The summed E-state index contributed by atoms with van der Waals surface area (Å²) in [4.78, 5) is 27.6. The van der Waals surface area contributed by atoms with Gasteiger partial charge in [0, 0.05) is 19.6 Å². The fourth-order valence-electron chi connectivity index (χ4n) is 3.02. The van der Waals surface area contributed by atoms with Crippen LogP contribution < -0.4 is 0 Å². The van der Waals surface area contributed by atoms with Gasteiger partial charge in [0.15, 0.2) is 0 Å². The Morgan fingerprint density at radius 3 is 2.33 bits per heavy atom. The van der Waals surface area contributed by atoms with Crippen molar-refractivity contribution in [3.63, 3.8) is 0 Å². The van der Waals surface area contributed by atoms with Crippen molar-refractivity contribution in [1.29, 1.82) is 0 Å². The van der Waals surface area contributed by atoms with Gasteiger partial charge in [-0.15, -0.1) is 0 Å². The van der Waals surface area contributed by atoms with E-state index in [0.29, 0.717) is 6.54 Å². The Labute approximate surface area is 108 Å². The molecule has 5 nitrogen and oxygen atoms in total. The second-order valence-electron chi connectivity index (χ2n) is 6.10. The molecule has 0 aromatic rings. The molecule has 0 bridgehead atoms. The number of hydrogen-bond acceptors (Lipinski definition) is 3. The Balaban J connectivity index is 2.02. The normalized spacial score (nSPS) is 31.8. The van der Waals surface area contributed by atoms with Crippen molar-refractivity contribution < 1.29 is 14.7 Å². The topological polar surface area (TPSA) is 60.9 Å². The summed E-state index contributed by atoms with van der Waals surface area (Å²) in [5.74, 6) is -1.66. The standard InChI is InChI=1S/C13H22N2O3/c1-13(2)9(10(13)12(17)18)11(16)15-6-4-5-14(3)7-8-15/h9-10H,4-8H2,1-3H3,(H,17,18)/t9-,10-/m0/s1. The number of likely N-dealkylation sites (N-methyl/N-ethyl adjacent to an activating group) is 1. The number of hydrogen-bond donors (Lipinski definition) is 1. The van der Waals surface area contributed by atoms with Crippen molar-refractivity contribution in [2.45, 2.75) is 20.3 Å². The van der Waals surface area contributed by atoms with Crippen LogP contribution >= 0.6 is 0 Å². The molecule has 2 rings (SSSR count). The first-order valence-corrected chi connectivity index (χ1v) is 6.56. The number of carboxylic acids is 1. The first kappa shape index (κ1) is 13.3. The van der Waals surface area contributed by atoms with E-state index >= 15 is 0 Å². The van der Waals surface area contributed by atoms with Gasteiger partial charge in [-0.05, 0) is 25.4 Å². The largest absolute Gasteiger partial charge is 0.481 e. The predicted octanol–water partition coefficient (Wildman–Crippen LogP) is 0.507. The molecule has 1 N–H and O–H groups in total. The van der Waals surface area contributed by atoms with Gasteiger partial charge in [-0.2, -0.15) is 0 Å². The molecule has 1 amide bonds. The lowest BCUT2D eigenvalue weighted by atomic mass is 10.1. The zero-order valence-corrected chi connectivity index (χ0v) is 11.3. The minimum atomic E-state index is -0.842. The van der Waals surface area contributed by atoms with E-state index in [1.165, 1.54) is 0 Å². The van der Waals surface area contributed by atoms with E-state index in [2.05, 4.69) is 11.9 Å². The molecule has 1 saturated carbocycles. The molecule has 2 fully saturated rings. The molecule has 18 heavy (non-hydrogen) atoms. The minimum absolute atomic E-state index is 0.0303. The number of carboxylic acid groups (broad SMARTS) is 1. The van der Waals surface area contributed by atoms with Crippen LogP contribution in [-0.4, -0.2) is 60.0 Å². The summed E-state index contributed by atoms with van der Waals surface area (Å²) >= 11 is 0. The molecule has 0 spiro atoms. The van der Waals surface area contributed by atoms with E-state index in [1.807, 2.05) is 18.7 Å². The second-order valence-corrected chi connectivity index (χ2v) is 6.10. The average Bonchev–Trinajstić information content (AvgIpc) is 2.91. The average molecular weight is 254 g/mol. The molecular formula is C13H22N2O3. The van der Waals surface area contributed by atoms with Crippen molar-refractivity contribution >= 4 is 11.9 Å². The fraction of sp³-hybridized carbons (Fsp3) is 0.846. The van der Waals surface area contributed by atoms with Gasteiger partial charge in [0.1, 0.15) is 0 Å². The van der Waals surface area contributed by atoms with Crippen LogP contribution in [0.4, 0.5) is 0 Å². The lowest BCUT2D eigenvalue weighted by Gasteiger charge is -2.21. The molecular weight excluding hydrogens is 232 g/mol. The van der Waals surface area contributed by atoms with E-state index in [4.69, 9.17) is 5.11 Å². The summed E-state index contributed by atoms with van der Waals surface area (Å²) in [5.41, 5.74) is -0.388.